The summed E-state index contributed by atoms with van der Waals surface area (Å²) < 4.78 is 28.9. The lowest BCUT2D eigenvalue weighted by Gasteiger charge is -2.19. The van der Waals surface area contributed by atoms with Crippen molar-refractivity contribution >= 4 is 32.4 Å². The molecule has 0 fully saturated rings. The molecule has 0 saturated carbocycles. The second-order valence-electron chi connectivity index (χ2n) is 4.51. The highest BCUT2D eigenvalue weighted by atomic mass is 35.5. The summed E-state index contributed by atoms with van der Waals surface area (Å²) in [5.74, 6) is 5.92. The Balaban J connectivity index is 2.47. The molecule has 2 rings (SSSR count). The molecule has 0 saturated heterocycles. The van der Waals surface area contributed by atoms with Gasteiger partial charge in [0, 0.05) is 16.7 Å². The molecule has 1 heterocycles. The molecule has 0 amide bonds. The van der Waals surface area contributed by atoms with Crippen molar-refractivity contribution < 1.29 is 12.8 Å². The first-order chi connectivity index (χ1) is 8.82. The van der Waals surface area contributed by atoms with Crippen molar-refractivity contribution in [2.45, 2.75) is 18.2 Å². The van der Waals surface area contributed by atoms with Gasteiger partial charge in [-0.25, -0.2) is 13.8 Å². The minimum absolute atomic E-state index is 0.470. The van der Waals surface area contributed by atoms with Crippen LogP contribution in [-0.4, -0.2) is 19.9 Å². The summed E-state index contributed by atoms with van der Waals surface area (Å²) in [7, 11) is -3.24. The fourth-order valence-corrected chi connectivity index (χ4v) is 2.77. The highest BCUT2D eigenvalue weighted by Gasteiger charge is 2.29. The van der Waals surface area contributed by atoms with Crippen LogP contribution in [-0.2, 0) is 9.84 Å². The van der Waals surface area contributed by atoms with Crippen molar-refractivity contribution in [3.05, 3.63) is 35.0 Å². The first-order valence-electron chi connectivity index (χ1n) is 5.67. The second-order valence-corrected chi connectivity index (χ2v) is 7.35. The third-order valence-corrected chi connectivity index (χ3v) is 4.99. The van der Waals surface area contributed by atoms with E-state index in [4.69, 9.17) is 21.9 Å². The molecule has 2 atom stereocenters. The lowest BCUT2D eigenvalue weighted by molar-refractivity contribution is 0.424. The van der Waals surface area contributed by atoms with Crippen molar-refractivity contribution in [1.82, 2.24) is 5.43 Å². The number of halogens is 1. The third kappa shape index (κ3) is 2.92. The van der Waals surface area contributed by atoms with Crippen LogP contribution in [0.15, 0.2) is 28.7 Å². The summed E-state index contributed by atoms with van der Waals surface area (Å²) in [5, 5.41) is 0.699. The molecule has 0 bridgehead atoms. The molecule has 0 spiro atoms. The predicted molar refractivity (Wildman–Crippen MR) is 75.6 cm³/mol. The van der Waals surface area contributed by atoms with Crippen molar-refractivity contribution in [1.29, 1.82) is 0 Å². The van der Waals surface area contributed by atoms with Gasteiger partial charge in [-0.3, -0.25) is 5.84 Å². The van der Waals surface area contributed by atoms with E-state index in [1.165, 1.54) is 6.26 Å². The van der Waals surface area contributed by atoms with Gasteiger partial charge in [0.25, 0.3) is 0 Å². The van der Waals surface area contributed by atoms with E-state index in [2.05, 4.69) is 5.43 Å². The largest absolute Gasteiger partial charge is 0.459 e. The highest BCUT2D eigenvalue weighted by Crippen LogP contribution is 2.29. The quantitative estimate of drug-likeness (QED) is 0.666. The predicted octanol–water partition coefficient (Wildman–Crippen LogP) is 2.02. The minimum atomic E-state index is -3.24. The summed E-state index contributed by atoms with van der Waals surface area (Å²) in [4.78, 5) is 0. The van der Waals surface area contributed by atoms with Crippen molar-refractivity contribution in [2.75, 3.05) is 6.26 Å². The number of nitrogens with two attached hydrogens (primary N) is 1. The van der Waals surface area contributed by atoms with Crippen molar-refractivity contribution in [3.63, 3.8) is 0 Å². The summed E-state index contributed by atoms with van der Waals surface area (Å²) in [6.45, 7) is 1.58. The smallest absolute Gasteiger partial charge is 0.152 e. The average Bonchev–Trinajstić information content (AvgIpc) is 2.71. The zero-order chi connectivity index (χ0) is 14.2. The van der Waals surface area contributed by atoms with E-state index >= 15 is 0 Å². The molecule has 0 aliphatic rings. The number of hydrazine groups is 1. The summed E-state index contributed by atoms with van der Waals surface area (Å²) in [6.07, 6.45) is 1.17. The molecule has 3 N–H and O–H groups in total. The van der Waals surface area contributed by atoms with Gasteiger partial charge in [-0.15, -0.1) is 0 Å². The topological polar surface area (TPSA) is 85.3 Å². The van der Waals surface area contributed by atoms with Crippen LogP contribution < -0.4 is 11.3 Å². The van der Waals surface area contributed by atoms with Gasteiger partial charge in [0.05, 0.1) is 11.3 Å². The summed E-state index contributed by atoms with van der Waals surface area (Å²) in [5.41, 5.74) is 3.13. The lowest BCUT2D eigenvalue weighted by Crippen LogP contribution is -2.38. The normalized spacial score (nSPS) is 15.6. The van der Waals surface area contributed by atoms with Crippen LogP contribution in [0.5, 0.6) is 0 Å². The van der Waals surface area contributed by atoms with E-state index in [0.717, 1.165) is 5.39 Å². The molecule has 0 aliphatic carbocycles. The number of benzene rings is 1. The van der Waals surface area contributed by atoms with E-state index in [9.17, 15) is 8.42 Å². The minimum Gasteiger partial charge on any atom is -0.459 e. The monoisotopic (exact) mass is 302 g/mol. The molecule has 5 nitrogen and oxygen atoms in total. The van der Waals surface area contributed by atoms with Crippen molar-refractivity contribution in [2.24, 2.45) is 5.84 Å². The molecule has 104 valence electrons. The fraction of sp³-hybridized carbons (Fsp3) is 0.333. The fourth-order valence-electron chi connectivity index (χ4n) is 1.88. The van der Waals surface area contributed by atoms with Gasteiger partial charge in [0.15, 0.2) is 9.84 Å². The maximum Gasteiger partial charge on any atom is 0.152 e. The van der Waals surface area contributed by atoms with E-state index in [1.807, 2.05) is 0 Å². The zero-order valence-electron chi connectivity index (χ0n) is 10.6. The van der Waals surface area contributed by atoms with Gasteiger partial charge in [0.1, 0.15) is 11.3 Å². The number of fused-ring (bicyclic) bond motifs is 1. The maximum atomic E-state index is 11.6. The molecular formula is C12H15ClN2O3S. The standard InChI is InChI=1S/C12H15ClN2O3S/c1-7(19(2,16)17)12(15-14)11-6-8-5-9(13)3-4-10(8)18-11/h3-7,12,15H,14H2,1-2H3. The Labute approximate surface area is 116 Å². The Morgan fingerprint density at radius 1 is 1.37 bits per heavy atom. The summed E-state index contributed by atoms with van der Waals surface area (Å²) in [6, 6.07) is 6.33. The van der Waals surface area contributed by atoms with Crippen LogP contribution in [0, 0.1) is 0 Å². The molecule has 7 heteroatoms. The van der Waals surface area contributed by atoms with Crippen LogP contribution in [0.3, 0.4) is 0 Å². The number of furan rings is 1. The molecule has 0 aliphatic heterocycles. The van der Waals surface area contributed by atoms with Crippen LogP contribution in [0.4, 0.5) is 0 Å². The van der Waals surface area contributed by atoms with Gasteiger partial charge in [-0.1, -0.05) is 11.6 Å². The Kier molecular flexibility index (Phi) is 3.87. The van der Waals surface area contributed by atoms with E-state index in [-0.39, 0.29) is 0 Å². The van der Waals surface area contributed by atoms with E-state index < -0.39 is 21.1 Å². The Hall–Kier alpha value is -1.08. The molecule has 2 unspecified atom stereocenters. The number of sulfone groups is 1. The number of rotatable bonds is 4. The van der Waals surface area contributed by atoms with Gasteiger partial charge in [-0.05, 0) is 31.2 Å². The Morgan fingerprint density at radius 3 is 2.63 bits per heavy atom. The van der Waals surface area contributed by atoms with Crippen LogP contribution in [0.1, 0.15) is 18.7 Å². The Bertz CT molecular complexity index is 696. The van der Waals surface area contributed by atoms with Crippen LogP contribution in [0.25, 0.3) is 11.0 Å². The molecule has 0 radical (unpaired) electrons. The zero-order valence-corrected chi connectivity index (χ0v) is 12.1. The number of hydrogen-bond acceptors (Lipinski definition) is 5. The van der Waals surface area contributed by atoms with E-state index in [1.54, 1.807) is 31.2 Å². The van der Waals surface area contributed by atoms with Crippen LogP contribution in [0.2, 0.25) is 5.02 Å². The molecule has 1 aromatic heterocycles. The average molecular weight is 303 g/mol. The first kappa shape index (κ1) is 14.3. The summed E-state index contributed by atoms with van der Waals surface area (Å²) >= 11 is 5.90. The molecule has 2 aromatic rings. The molecule has 1 aromatic carbocycles. The second kappa shape index (κ2) is 5.13. The first-order valence-corrected chi connectivity index (χ1v) is 8.00. The Morgan fingerprint density at radius 2 is 2.05 bits per heavy atom. The number of nitrogens with one attached hydrogen (secondary N) is 1. The van der Waals surface area contributed by atoms with Gasteiger partial charge in [-0.2, -0.15) is 0 Å². The van der Waals surface area contributed by atoms with E-state index in [0.29, 0.717) is 16.4 Å². The van der Waals surface area contributed by atoms with Crippen molar-refractivity contribution in [3.8, 4) is 0 Å². The molecule has 19 heavy (non-hydrogen) atoms. The van der Waals surface area contributed by atoms with Gasteiger partial charge >= 0.3 is 0 Å². The number of hydrogen-bond donors (Lipinski definition) is 2. The van der Waals surface area contributed by atoms with Gasteiger partial charge < -0.3 is 4.42 Å². The maximum absolute atomic E-state index is 11.6. The molecular weight excluding hydrogens is 288 g/mol. The third-order valence-electron chi connectivity index (χ3n) is 3.13. The highest BCUT2D eigenvalue weighted by molar-refractivity contribution is 7.91. The van der Waals surface area contributed by atoms with Gasteiger partial charge in [0.2, 0.25) is 0 Å². The van der Waals surface area contributed by atoms with Crippen LogP contribution >= 0.6 is 11.6 Å². The SMILES string of the molecule is CC(C(NN)c1cc2cc(Cl)ccc2o1)S(C)(=O)=O. The lowest BCUT2D eigenvalue weighted by atomic mass is 10.1.